The number of methoxy groups -OCH3 is 1. The molecule has 5 heteroatoms. The van der Waals surface area contributed by atoms with Crippen LogP contribution in [-0.4, -0.2) is 49.2 Å². The molecule has 0 aromatic heterocycles. The first kappa shape index (κ1) is 15.0. The average molecular weight is 302 g/mol. The minimum atomic E-state index is -0.408. The maximum absolute atomic E-state index is 12.3. The first-order chi connectivity index (χ1) is 10.6. The van der Waals surface area contributed by atoms with E-state index in [1.807, 2.05) is 13.1 Å². The van der Waals surface area contributed by atoms with Gasteiger partial charge < -0.3 is 9.47 Å². The molecular weight excluding hydrogens is 281 g/mol. The number of carbonyl (C=O) groups excluding carboxylic acids is 2. The number of fused-ring (bicyclic) bond motifs is 2. The first-order valence-corrected chi connectivity index (χ1v) is 7.67. The molecule has 2 unspecified atom stereocenters. The van der Waals surface area contributed by atoms with Crippen molar-refractivity contribution in [2.45, 2.75) is 37.5 Å². The maximum Gasteiger partial charge on any atom is 0.338 e. The van der Waals surface area contributed by atoms with E-state index in [1.165, 1.54) is 7.11 Å². The molecule has 2 aliphatic heterocycles. The summed E-state index contributed by atoms with van der Waals surface area (Å²) < 4.78 is 10.6. The van der Waals surface area contributed by atoms with Gasteiger partial charge in [-0.3, -0.25) is 9.69 Å². The molecule has 2 saturated heterocycles. The Balaban J connectivity index is 1.79. The van der Waals surface area contributed by atoms with Crippen LogP contribution in [0.15, 0.2) is 30.3 Å². The predicted octanol–water partition coefficient (Wildman–Crippen LogP) is 1.87. The number of hydrogen-bond donors (Lipinski definition) is 0. The third kappa shape index (κ3) is 2.61. The number of hydrogen-bond acceptors (Lipinski definition) is 5. The zero-order chi connectivity index (χ0) is 15.7. The third-order valence-corrected chi connectivity index (χ3v) is 4.96. The number of esters is 2. The van der Waals surface area contributed by atoms with E-state index < -0.39 is 12.0 Å². The second-order valence-electron chi connectivity index (χ2n) is 6.06. The summed E-state index contributed by atoms with van der Waals surface area (Å²) in [6.45, 7) is 0. The molecule has 5 nitrogen and oxygen atoms in total. The van der Waals surface area contributed by atoms with Crippen molar-refractivity contribution in [1.29, 1.82) is 0 Å². The lowest BCUT2D eigenvalue weighted by atomic mass is 9.87. The summed E-state index contributed by atoms with van der Waals surface area (Å²) in [5.41, 5.74) is 0.511. The second kappa shape index (κ2) is 6.08. The van der Waals surface area contributed by atoms with Crippen LogP contribution in [0.1, 0.15) is 29.6 Å². The lowest BCUT2D eigenvalue weighted by Crippen LogP contribution is -2.53. The van der Waals surface area contributed by atoms with Gasteiger partial charge in [0, 0.05) is 18.5 Å². The highest BCUT2D eigenvalue weighted by Gasteiger charge is 2.50. The SMILES string of the molecule is CN1C2CCC1[C@@H](C(=O)O[11CH3])[C@@H](OC(=O)c1ccccc1)C2. The summed E-state index contributed by atoms with van der Waals surface area (Å²) >= 11 is 0. The van der Waals surface area contributed by atoms with Crippen LogP contribution in [0.5, 0.6) is 0 Å². The van der Waals surface area contributed by atoms with E-state index in [9.17, 15) is 9.59 Å². The number of nitrogens with zero attached hydrogens (tertiary/aromatic N) is 1. The lowest BCUT2D eigenvalue weighted by Gasteiger charge is -2.40. The highest BCUT2D eigenvalue weighted by atomic mass is 16.5. The standard InChI is InChI=1S/C17H21NO4/c1-18-12-8-9-13(18)15(17(20)21-2)14(10-12)22-16(19)11-6-4-3-5-7-11/h3-7,12-15H,8-10H2,1-2H3/t12?,13?,14-,15+/m0/s1/i2-1. The second-order valence-corrected chi connectivity index (χ2v) is 6.06. The summed E-state index contributed by atoms with van der Waals surface area (Å²) in [4.78, 5) is 26.7. The van der Waals surface area contributed by atoms with Crippen LogP contribution in [0, 0.1) is 5.92 Å². The van der Waals surface area contributed by atoms with Crippen molar-refractivity contribution < 1.29 is 19.1 Å². The molecule has 0 radical (unpaired) electrons. The molecule has 0 aliphatic carbocycles. The van der Waals surface area contributed by atoms with E-state index in [-0.39, 0.29) is 18.0 Å². The van der Waals surface area contributed by atoms with Gasteiger partial charge >= 0.3 is 11.9 Å². The normalized spacial score (nSPS) is 30.8. The van der Waals surface area contributed by atoms with E-state index in [4.69, 9.17) is 9.47 Å². The lowest BCUT2D eigenvalue weighted by molar-refractivity contribution is -0.156. The van der Waals surface area contributed by atoms with Crippen molar-refractivity contribution in [3.8, 4) is 0 Å². The van der Waals surface area contributed by atoms with Gasteiger partial charge in [0.05, 0.1) is 12.7 Å². The molecule has 0 spiro atoms. The molecule has 2 heterocycles. The van der Waals surface area contributed by atoms with Crippen LogP contribution >= 0.6 is 0 Å². The molecule has 0 amide bonds. The van der Waals surface area contributed by atoms with Crippen molar-refractivity contribution in [1.82, 2.24) is 4.90 Å². The third-order valence-electron chi connectivity index (χ3n) is 4.96. The largest absolute Gasteiger partial charge is 0.469 e. The predicted molar refractivity (Wildman–Crippen MR) is 80.3 cm³/mol. The zero-order valence-corrected chi connectivity index (χ0v) is 12.9. The Morgan fingerprint density at radius 2 is 1.91 bits per heavy atom. The molecule has 2 aliphatic rings. The topological polar surface area (TPSA) is 55.8 Å². The Morgan fingerprint density at radius 1 is 1.18 bits per heavy atom. The Kier molecular flexibility index (Phi) is 4.16. The van der Waals surface area contributed by atoms with Crippen molar-refractivity contribution in [2.24, 2.45) is 5.92 Å². The van der Waals surface area contributed by atoms with Gasteiger partial charge in [-0.2, -0.15) is 0 Å². The van der Waals surface area contributed by atoms with E-state index in [1.54, 1.807) is 24.3 Å². The van der Waals surface area contributed by atoms with Gasteiger partial charge in [-0.1, -0.05) is 18.2 Å². The van der Waals surface area contributed by atoms with Crippen LogP contribution in [0.4, 0.5) is 0 Å². The van der Waals surface area contributed by atoms with Gasteiger partial charge in [-0.25, -0.2) is 4.79 Å². The molecule has 3 rings (SSSR count). The molecule has 22 heavy (non-hydrogen) atoms. The van der Waals surface area contributed by atoms with Crippen molar-refractivity contribution >= 4 is 11.9 Å². The molecule has 2 bridgehead atoms. The summed E-state index contributed by atoms with van der Waals surface area (Å²) in [6, 6.07) is 9.36. The Hall–Kier alpha value is -1.88. The van der Waals surface area contributed by atoms with Crippen LogP contribution in [0.25, 0.3) is 0 Å². The molecule has 0 saturated carbocycles. The Labute approximate surface area is 130 Å². The van der Waals surface area contributed by atoms with E-state index >= 15 is 0 Å². The number of benzene rings is 1. The summed E-state index contributed by atoms with van der Waals surface area (Å²) in [5.74, 6) is -1.06. The molecule has 2 fully saturated rings. The van der Waals surface area contributed by atoms with Gasteiger partial charge in [0.1, 0.15) is 12.0 Å². The number of piperidine rings is 1. The maximum atomic E-state index is 12.3. The number of ether oxygens (including phenoxy) is 2. The van der Waals surface area contributed by atoms with Crippen LogP contribution in [0.3, 0.4) is 0 Å². The Bertz CT molecular complexity index is 559. The van der Waals surface area contributed by atoms with Crippen LogP contribution in [0.2, 0.25) is 0 Å². The highest BCUT2D eigenvalue weighted by Crippen LogP contribution is 2.40. The van der Waals surface area contributed by atoms with E-state index in [0.717, 1.165) is 12.8 Å². The molecule has 1 aromatic rings. The minimum absolute atomic E-state index is 0.0970. The van der Waals surface area contributed by atoms with Crippen molar-refractivity contribution in [3.05, 3.63) is 35.9 Å². The van der Waals surface area contributed by atoms with Gasteiger partial charge in [-0.15, -0.1) is 0 Å². The molecular formula is C17H21NO4. The molecule has 1 aromatic carbocycles. The van der Waals surface area contributed by atoms with Gasteiger partial charge in [0.2, 0.25) is 0 Å². The van der Waals surface area contributed by atoms with E-state index in [0.29, 0.717) is 18.0 Å². The summed E-state index contributed by atoms with van der Waals surface area (Å²) in [5, 5.41) is 0. The summed E-state index contributed by atoms with van der Waals surface area (Å²) in [6.07, 6.45) is 2.26. The van der Waals surface area contributed by atoms with Gasteiger partial charge in [0.25, 0.3) is 0 Å². The Morgan fingerprint density at radius 3 is 2.59 bits per heavy atom. The molecule has 118 valence electrons. The fourth-order valence-electron chi connectivity index (χ4n) is 3.77. The monoisotopic (exact) mass is 302 g/mol. The average Bonchev–Trinajstić information content (AvgIpc) is 2.78. The van der Waals surface area contributed by atoms with Crippen LogP contribution in [-0.2, 0) is 14.3 Å². The van der Waals surface area contributed by atoms with Crippen LogP contribution < -0.4 is 0 Å². The first-order valence-electron chi connectivity index (χ1n) is 7.67. The fourth-order valence-corrected chi connectivity index (χ4v) is 3.77. The van der Waals surface area contributed by atoms with Crippen molar-refractivity contribution in [2.75, 3.05) is 14.2 Å². The molecule has 0 N–H and O–H groups in total. The summed E-state index contributed by atoms with van der Waals surface area (Å²) in [7, 11) is 3.42. The van der Waals surface area contributed by atoms with Gasteiger partial charge in [0.15, 0.2) is 0 Å². The zero-order valence-electron chi connectivity index (χ0n) is 12.9. The van der Waals surface area contributed by atoms with E-state index in [2.05, 4.69) is 4.90 Å². The van der Waals surface area contributed by atoms with Crippen molar-refractivity contribution in [3.63, 3.8) is 0 Å². The fraction of sp³-hybridized carbons (Fsp3) is 0.529. The number of rotatable bonds is 3. The quantitative estimate of drug-likeness (QED) is 0.798. The minimum Gasteiger partial charge on any atom is -0.469 e. The number of carbonyl (C=O) groups is 2. The van der Waals surface area contributed by atoms with Gasteiger partial charge in [-0.05, 0) is 32.0 Å². The smallest absolute Gasteiger partial charge is 0.338 e. The molecule has 4 atom stereocenters. The highest BCUT2D eigenvalue weighted by molar-refractivity contribution is 5.89.